The van der Waals surface area contributed by atoms with Gasteiger partial charge in [-0.15, -0.1) is 0 Å². The van der Waals surface area contributed by atoms with E-state index >= 15 is 0 Å². The Morgan fingerprint density at radius 2 is 1.81 bits per heavy atom. The highest BCUT2D eigenvalue weighted by atomic mass is 19.1. The molecule has 0 unspecified atom stereocenters. The van der Waals surface area contributed by atoms with Crippen molar-refractivity contribution in [3.63, 3.8) is 0 Å². The molecule has 2 amide bonds. The Morgan fingerprint density at radius 1 is 1.00 bits per heavy atom. The summed E-state index contributed by atoms with van der Waals surface area (Å²) in [7, 11) is 0. The Kier molecular flexibility index (Phi) is 5.28. The third-order valence-corrected chi connectivity index (χ3v) is 3.54. The van der Waals surface area contributed by atoms with Crippen molar-refractivity contribution in [1.82, 2.24) is 15.3 Å². The summed E-state index contributed by atoms with van der Waals surface area (Å²) in [6.45, 7) is 0.273. The molecule has 7 heteroatoms. The number of aromatic nitrogens is 2. The molecule has 0 saturated heterocycles. The molecule has 2 aromatic carbocycles. The van der Waals surface area contributed by atoms with Crippen LogP contribution in [0.4, 0.5) is 10.1 Å². The maximum atomic E-state index is 12.9. The average Bonchev–Trinajstić information content (AvgIpc) is 2.67. The van der Waals surface area contributed by atoms with Crippen LogP contribution in [-0.4, -0.2) is 21.8 Å². The Balaban J connectivity index is 1.62. The van der Waals surface area contributed by atoms with Gasteiger partial charge >= 0.3 is 0 Å². The second-order valence-electron chi connectivity index (χ2n) is 5.43. The molecule has 1 aromatic heterocycles. The van der Waals surface area contributed by atoms with Crippen molar-refractivity contribution in [2.75, 3.05) is 5.32 Å². The number of hydrogen-bond donors (Lipinski definition) is 2. The summed E-state index contributed by atoms with van der Waals surface area (Å²) in [5.41, 5.74) is 1.96. The van der Waals surface area contributed by atoms with Crippen molar-refractivity contribution in [2.24, 2.45) is 0 Å². The summed E-state index contributed by atoms with van der Waals surface area (Å²) < 4.78 is 12.9. The van der Waals surface area contributed by atoms with E-state index in [9.17, 15) is 14.0 Å². The van der Waals surface area contributed by atoms with Crippen molar-refractivity contribution in [3.8, 4) is 0 Å². The summed E-state index contributed by atoms with van der Waals surface area (Å²) in [6, 6.07) is 12.4. The molecule has 0 fully saturated rings. The van der Waals surface area contributed by atoms with Gasteiger partial charge in [0.15, 0.2) is 0 Å². The number of carbonyl (C=O) groups is 2. The second-order valence-corrected chi connectivity index (χ2v) is 5.43. The monoisotopic (exact) mass is 350 g/mol. The van der Waals surface area contributed by atoms with Gasteiger partial charge in [0, 0.05) is 30.2 Å². The van der Waals surface area contributed by atoms with Crippen LogP contribution in [-0.2, 0) is 6.54 Å². The molecule has 0 aliphatic rings. The fraction of sp³-hybridized carbons (Fsp3) is 0.0526. The van der Waals surface area contributed by atoms with E-state index in [0.717, 1.165) is 5.56 Å². The zero-order valence-corrected chi connectivity index (χ0v) is 13.6. The Morgan fingerprint density at radius 3 is 2.54 bits per heavy atom. The summed E-state index contributed by atoms with van der Waals surface area (Å²) in [6.07, 6.45) is 4.32. The van der Waals surface area contributed by atoms with Crippen LogP contribution in [0.25, 0.3) is 0 Å². The number of benzene rings is 2. The van der Waals surface area contributed by atoms with E-state index in [1.54, 1.807) is 18.2 Å². The predicted octanol–water partition coefficient (Wildman–Crippen LogP) is 2.80. The van der Waals surface area contributed by atoms with Crippen molar-refractivity contribution >= 4 is 17.5 Å². The van der Waals surface area contributed by atoms with E-state index in [2.05, 4.69) is 20.6 Å². The van der Waals surface area contributed by atoms with Crippen molar-refractivity contribution < 1.29 is 14.0 Å². The summed E-state index contributed by atoms with van der Waals surface area (Å²) in [5.74, 6) is -1.08. The number of nitrogens with one attached hydrogen (secondary N) is 2. The van der Waals surface area contributed by atoms with Crippen molar-refractivity contribution in [3.05, 3.63) is 89.8 Å². The minimum absolute atomic E-state index is 0.230. The van der Waals surface area contributed by atoms with Gasteiger partial charge in [0.25, 0.3) is 11.8 Å². The highest BCUT2D eigenvalue weighted by Gasteiger charge is 2.08. The quantitative estimate of drug-likeness (QED) is 0.741. The van der Waals surface area contributed by atoms with Crippen LogP contribution in [0.5, 0.6) is 0 Å². The van der Waals surface area contributed by atoms with Gasteiger partial charge in [-0.25, -0.2) is 9.37 Å². The van der Waals surface area contributed by atoms with Crippen molar-refractivity contribution in [1.29, 1.82) is 0 Å². The van der Waals surface area contributed by atoms with Gasteiger partial charge in [0.05, 0.1) is 6.20 Å². The molecule has 0 bridgehead atoms. The SMILES string of the molecule is O=C(Nc1cccc(CNC(=O)c2cnccn2)c1)c1ccc(F)cc1. The molecule has 2 N–H and O–H groups in total. The van der Waals surface area contributed by atoms with E-state index in [0.29, 0.717) is 11.3 Å². The number of nitrogens with zero attached hydrogens (tertiary/aromatic N) is 2. The molecular weight excluding hydrogens is 335 g/mol. The molecule has 130 valence electrons. The van der Waals surface area contributed by atoms with Gasteiger partial charge in [-0.1, -0.05) is 12.1 Å². The topological polar surface area (TPSA) is 84.0 Å². The highest BCUT2D eigenvalue weighted by Crippen LogP contribution is 2.13. The first-order chi connectivity index (χ1) is 12.6. The molecule has 1 heterocycles. The lowest BCUT2D eigenvalue weighted by atomic mass is 10.1. The third kappa shape index (κ3) is 4.47. The average molecular weight is 350 g/mol. The third-order valence-electron chi connectivity index (χ3n) is 3.54. The van der Waals surface area contributed by atoms with Gasteiger partial charge in [-0.2, -0.15) is 0 Å². The lowest BCUT2D eigenvalue weighted by Gasteiger charge is -2.09. The molecule has 26 heavy (non-hydrogen) atoms. The lowest BCUT2D eigenvalue weighted by Crippen LogP contribution is -2.24. The molecule has 0 atom stereocenters. The van der Waals surface area contributed by atoms with Gasteiger partial charge < -0.3 is 10.6 Å². The van der Waals surface area contributed by atoms with Crippen LogP contribution in [0.1, 0.15) is 26.4 Å². The standard InChI is InChI=1S/C19H15FN4O2/c20-15-6-4-14(5-7-15)18(25)24-16-3-1-2-13(10-16)11-23-19(26)17-12-21-8-9-22-17/h1-10,12H,11H2,(H,23,26)(H,24,25). The van der Waals surface area contributed by atoms with Crippen LogP contribution in [0, 0.1) is 5.82 Å². The van der Waals surface area contributed by atoms with Crippen LogP contribution in [0.15, 0.2) is 67.1 Å². The molecule has 3 aromatic rings. The van der Waals surface area contributed by atoms with E-state index in [4.69, 9.17) is 0 Å². The Bertz CT molecular complexity index is 914. The smallest absolute Gasteiger partial charge is 0.271 e. The molecule has 0 aliphatic heterocycles. The van der Waals surface area contributed by atoms with E-state index < -0.39 is 5.82 Å². The first-order valence-electron chi connectivity index (χ1n) is 7.82. The molecule has 6 nitrogen and oxygen atoms in total. The minimum Gasteiger partial charge on any atom is -0.347 e. The van der Waals surface area contributed by atoms with E-state index in [-0.39, 0.29) is 24.1 Å². The number of amides is 2. The molecule has 0 aliphatic carbocycles. The van der Waals surface area contributed by atoms with Gasteiger partial charge in [-0.05, 0) is 42.0 Å². The predicted molar refractivity (Wildman–Crippen MR) is 94.0 cm³/mol. The molecular formula is C19H15FN4O2. The maximum Gasteiger partial charge on any atom is 0.271 e. The zero-order chi connectivity index (χ0) is 18.4. The van der Waals surface area contributed by atoms with E-state index in [1.165, 1.54) is 42.9 Å². The van der Waals surface area contributed by atoms with E-state index in [1.807, 2.05) is 6.07 Å². The zero-order valence-electron chi connectivity index (χ0n) is 13.6. The minimum atomic E-state index is -0.401. The highest BCUT2D eigenvalue weighted by molar-refractivity contribution is 6.04. The number of carbonyl (C=O) groups excluding carboxylic acids is 2. The van der Waals surface area contributed by atoms with Gasteiger partial charge in [-0.3, -0.25) is 14.6 Å². The summed E-state index contributed by atoms with van der Waals surface area (Å²) >= 11 is 0. The summed E-state index contributed by atoms with van der Waals surface area (Å²) in [5, 5.41) is 5.48. The largest absolute Gasteiger partial charge is 0.347 e. The van der Waals surface area contributed by atoms with Crippen LogP contribution < -0.4 is 10.6 Å². The molecule has 3 rings (SSSR count). The molecule has 0 saturated carbocycles. The fourth-order valence-electron chi connectivity index (χ4n) is 2.25. The number of anilines is 1. The number of hydrogen-bond acceptors (Lipinski definition) is 4. The normalized spacial score (nSPS) is 10.2. The second kappa shape index (κ2) is 7.98. The fourth-order valence-corrected chi connectivity index (χ4v) is 2.25. The summed E-state index contributed by atoms with van der Waals surface area (Å²) in [4.78, 5) is 31.9. The van der Waals surface area contributed by atoms with Crippen molar-refractivity contribution in [2.45, 2.75) is 6.54 Å². The Hall–Kier alpha value is -3.61. The first kappa shape index (κ1) is 17.2. The van der Waals surface area contributed by atoms with Gasteiger partial charge in [0.1, 0.15) is 11.5 Å². The molecule has 0 radical (unpaired) electrons. The molecule has 0 spiro atoms. The maximum absolute atomic E-state index is 12.9. The Labute approximate surface area is 149 Å². The van der Waals surface area contributed by atoms with Crippen LogP contribution in [0.3, 0.4) is 0 Å². The van der Waals surface area contributed by atoms with Gasteiger partial charge in [0.2, 0.25) is 0 Å². The number of halogens is 1. The van der Waals surface area contributed by atoms with Crippen LogP contribution >= 0.6 is 0 Å². The van der Waals surface area contributed by atoms with Crippen LogP contribution in [0.2, 0.25) is 0 Å². The lowest BCUT2D eigenvalue weighted by molar-refractivity contribution is 0.0944. The number of rotatable bonds is 5. The first-order valence-corrected chi connectivity index (χ1v) is 7.82.